The number of methoxy groups -OCH3 is 1. The molecule has 0 bridgehead atoms. The zero-order valence-corrected chi connectivity index (χ0v) is 10.7. The van der Waals surface area contributed by atoms with E-state index in [1.54, 1.807) is 0 Å². The average Bonchev–Trinajstić information content (AvgIpc) is 2.02. The first-order chi connectivity index (χ1) is 5.96. The van der Waals surface area contributed by atoms with Crippen molar-refractivity contribution in [2.45, 2.75) is 0 Å². The molecule has 1 aromatic rings. The molecular weight excluding hydrogens is 228 g/mol. The van der Waals surface area contributed by atoms with Crippen LogP contribution in [0.2, 0.25) is 0 Å². The number of ether oxygens (including phenoxy) is 1. The van der Waals surface area contributed by atoms with Crippen molar-refractivity contribution in [1.29, 1.82) is 0 Å². The first-order valence-electron chi connectivity index (χ1n) is 3.35. The Morgan fingerprint density at radius 2 is 1.93 bits per heavy atom. The summed E-state index contributed by atoms with van der Waals surface area (Å²) in [5.74, 6) is -2.10. The monoisotopic (exact) mass is 233 g/mol. The quantitative estimate of drug-likeness (QED) is 0.448. The molecule has 8 heteroatoms. The van der Waals surface area contributed by atoms with Crippen molar-refractivity contribution in [3.8, 4) is 5.88 Å². The molecule has 14 heavy (non-hydrogen) atoms. The number of hydrogen-bond acceptors (Lipinski definition) is 2. The predicted molar refractivity (Wildman–Crippen MR) is 39.5 cm³/mol. The van der Waals surface area contributed by atoms with Gasteiger partial charge in [0.25, 0.3) is 0 Å². The van der Waals surface area contributed by atoms with Crippen molar-refractivity contribution in [1.82, 2.24) is 4.98 Å². The fourth-order valence-corrected chi connectivity index (χ4v) is 0.834. The second-order valence-corrected chi connectivity index (χ2v) is 2.30. The van der Waals surface area contributed by atoms with E-state index in [-0.39, 0.29) is 51.4 Å². The number of hydrogen-bond donors (Lipinski definition) is 0. The van der Waals surface area contributed by atoms with Gasteiger partial charge in [0.15, 0.2) is 5.82 Å². The van der Waals surface area contributed by atoms with Gasteiger partial charge in [0.05, 0.1) is 7.11 Å². The fourth-order valence-electron chi connectivity index (χ4n) is 0.834. The van der Waals surface area contributed by atoms with Gasteiger partial charge in [-0.15, -0.1) is 0 Å². The molecule has 0 atom stereocenters. The zero-order valence-electron chi connectivity index (χ0n) is 7.60. The van der Waals surface area contributed by atoms with E-state index in [0.717, 1.165) is 13.3 Å². The van der Waals surface area contributed by atoms with Gasteiger partial charge in [0, 0.05) is 6.20 Å². The summed E-state index contributed by atoms with van der Waals surface area (Å²) in [4.78, 5) is 3.28. The van der Waals surface area contributed by atoms with Crippen LogP contribution in [0.3, 0.4) is 0 Å². The van der Waals surface area contributed by atoms with Gasteiger partial charge in [0.1, 0.15) is 0 Å². The van der Waals surface area contributed by atoms with E-state index in [4.69, 9.17) is 0 Å². The molecule has 0 aliphatic rings. The molecule has 0 N–H and O–H groups in total. The molecule has 0 radical (unpaired) electrons. The largest absolute Gasteiger partial charge is 1.00 e. The maximum Gasteiger partial charge on any atom is 1.00 e. The molecule has 0 aliphatic heterocycles. The molecule has 0 aromatic carbocycles. The molecule has 1 aromatic heterocycles. The Hall–Kier alpha value is 0.371. The summed E-state index contributed by atoms with van der Waals surface area (Å²) in [7, 11) is 1.05. The first-order valence-corrected chi connectivity index (χ1v) is 3.35. The van der Waals surface area contributed by atoms with E-state index >= 15 is 0 Å². The van der Waals surface area contributed by atoms with Gasteiger partial charge in [-0.05, 0) is 0 Å². The van der Waals surface area contributed by atoms with Crippen LogP contribution >= 0.6 is 0 Å². The van der Waals surface area contributed by atoms with Crippen molar-refractivity contribution in [2.24, 2.45) is 0 Å². The number of rotatable bonds is 2. The van der Waals surface area contributed by atoms with Crippen molar-refractivity contribution in [3.05, 3.63) is 18.1 Å². The molecule has 0 fully saturated rings. The SMILES string of the molecule is COc1nccc([B-](F)(F)F)c1F.[K+]. The van der Waals surface area contributed by atoms with Crippen LogP contribution in [0.25, 0.3) is 0 Å². The fraction of sp³-hybridized carbons (Fsp3) is 0.167. The molecule has 1 rings (SSSR count). The Bertz CT molecular complexity index is 319. The molecule has 0 aliphatic carbocycles. The summed E-state index contributed by atoms with van der Waals surface area (Å²) in [5.41, 5.74) is -1.31. The van der Waals surface area contributed by atoms with Crippen molar-refractivity contribution < 1.29 is 73.5 Å². The van der Waals surface area contributed by atoms with Gasteiger partial charge in [-0.25, -0.2) is 9.37 Å². The van der Waals surface area contributed by atoms with E-state index in [1.165, 1.54) is 0 Å². The second-order valence-electron chi connectivity index (χ2n) is 2.30. The van der Waals surface area contributed by atoms with E-state index in [1.807, 2.05) is 0 Å². The third-order valence-electron chi connectivity index (χ3n) is 1.43. The van der Waals surface area contributed by atoms with Gasteiger partial charge in [-0.2, -0.15) is 0 Å². The normalized spacial score (nSPS) is 10.6. The minimum absolute atomic E-state index is 0. The topological polar surface area (TPSA) is 22.1 Å². The average molecular weight is 233 g/mol. The summed E-state index contributed by atoms with van der Waals surface area (Å²) in [6.45, 7) is -5.35. The molecule has 0 spiro atoms. The Kier molecular flexibility index (Phi) is 5.60. The number of aromatic nitrogens is 1. The van der Waals surface area contributed by atoms with Crippen LogP contribution < -0.4 is 61.6 Å². The third kappa shape index (κ3) is 3.20. The standard InChI is InChI=1S/C6H5BF4NO.K/c1-13-6-5(8)4(2-3-12-6)7(9,10)11;/h2-3H,1H3;/q-1;+1. The number of pyridine rings is 1. The summed E-state index contributed by atoms with van der Waals surface area (Å²) >= 11 is 0. The molecule has 0 saturated carbocycles. The molecule has 0 saturated heterocycles. The van der Waals surface area contributed by atoms with E-state index < -0.39 is 24.1 Å². The third-order valence-corrected chi connectivity index (χ3v) is 1.43. The number of nitrogens with zero attached hydrogens (tertiary/aromatic N) is 1. The Morgan fingerprint density at radius 1 is 1.36 bits per heavy atom. The second kappa shape index (κ2) is 5.45. The van der Waals surface area contributed by atoms with Crippen LogP contribution in [0, 0.1) is 5.82 Å². The molecule has 1 heterocycles. The predicted octanol–water partition coefficient (Wildman–Crippen LogP) is -1.71. The molecule has 72 valence electrons. The maximum absolute atomic E-state index is 12.9. The van der Waals surface area contributed by atoms with E-state index in [9.17, 15) is 17.3 Å². The van der Waals surface area contributed by atoms with Crippen LogP contribution in [0.5, 0.6) is 5.88 Å². The first kappa shape index (κ1) is 14.4. The van der Waals surface area contributed by atoms with Crippen LogP contribution in [0.15, 0.2) is 12.3 Å². The smallest absolute Gasteiger partial charge is 0.479 e. The molecular formula is C6H5BF4KNO. The summed E-state index contributed by atoms with van der Waals surface area (Å²) < 4.78 is 53.5. The van der Waals surface area contributed by atoms with Crippen LogP contribution in [0.4, 0.5) is 17.3 Å². The van der Waals surface area contributed by atoms with Crippen molar-refractivity contribution >= 4 is 12.4 Å². The van der Waals surface area contributed by atoms with E-state index in [2.05, 4.69) is 9.72 Å². The van der Waals surface area contributed by atoms with Crippen LogP contribution in [-0.2, 0) is 0 Å². The van der Waals surface area contributed by atoms with Crippen molar-refractivity contribution in [3.63, 3.8) is 0 Å². The molecule has 0 unspecified atom stereocenters. The summed E-state index contributed by atoms with van der Waals surface area (Å²) in [6, 6.07) is 0.581. The minimum Gasteiger partial charge on any atom is -0.479 e. The van der Waals surface area contributed by atoms with Gasteiger partial charge in [-0.3, -0.25) is 0 Å². The van der Waals surface area contributed by atoms with Gasteiger partial charge in [0.2, 0.25) is 5.88 Å². The zero-order chi connectivity index (χ0) is 10.1. The van der Waals surface area contributed by atoms with Gasteiger partial charge in [-0.1, -0.05) is 11.5 Å². The molecule has 2 nitrogen and oxygen atoms in total. The number of halogens is 4. The molecule has 0 amide bonds. The Morgan fingerprint density at radius 3 is 2.36 bits per heavy atom. The summed E-state index contributed by atoms with van der Waals surface area (Å²) in [5, 5.41) is 0. The van der Waals surface area contributed by atoms with Crippen LogP contribution in [-0.4, -0.2) is 19.1 Å². The Balaban J connectivity index is 0.00000169. The minimum atomic E-state index is -5.35. The maximum atomic E-state index is 12.9. The Labute approximate surface area is 121 Å². The van der Waals surface area contributed by atoms with Crippen LogP contribution in [0.1, 0.15) is 0 Å². The van der Waals surface area contributed by atoms with Crippen molar-refractivity contribution in [2.75, 3.05) is 7.11 Å². The van der Waals surface area contributed by atoms with E-state index in [0.29, 0.717) is 6.07 Å². The van der Waals surface area contributed by atoms with Gasteiger partial charge >= 0.3 is 58.4 Å². The van der Waals surface area contributed by atoms with Gasteiger partial charge < -0.3 is 17.7 Å². The summed E-state index contributed by atoms with van der Waals surface area (Å²) in [6.07, 6.45) is 0.854.